The van der Waals surface area contributed by atoms with Crippen LogP contribution < -0.4 is 10.9 Å². The second-order valence-electron chi connectivity index (χ2n) is 6.54. The van der Waals surface area contributed by atoms with E-state index < -0.39 is 29.3 Å². The van der Waals surface area contributed by atoms with Crippen LogP contribution in [0.25, 0.3) is 10.9 Å². The molecule has 3 rings (SSSR count). The predicted octanol–water partition coefficient (Wildman–Crippen LogP) is 1.74. The molecule has 0 aliphatic carbocycles. The van der Waals surface area contributed by atoms with E-state index >= 15 is 0 Å². The predicted molar refractivity (Wildman–Crippen MR) is 105 cm³/mol. The van der Waals surface area contributed by atoms with Gasteiger partial charge >= 0.3 is 5.97 Å². The molecule has 0 aliphatic rings. The molecule has 150 valence electrons. The minimum atomic E-state index is -0.906. The van der Waals surface area contributed by atoms with Crippen molar-refractivity contribution in [2.24, 2.45) is 0 Å². The highest BCUT2D eigenvalue weighted by Crippen LogP contribution is 2.10. The number of hydrogen-bond donors (Lipinski definition) is 1. The van der Waals surface area contributed by atoms with Gasteiger partial charge in [0, 0.05) is 6.42 Å². The molecule has 1 amide bonds. The van der Waals surface area contributed by atoms with E-state index in [0.717, 1.165) is 16.2 Å². The largest absolute Gasteiger partial charge is 0.467 e. The third-order valence-electron chi connectivity index (χ3n) is 4.51. The van der Waals surface area contributed by atoms with Crippen LogP contribution in [0.15, 0.2) is 53.3 Å². The van der Waals surface area contributed by atoms with Crippen molar-refractivity contribution in [3.8, 4) is 0 Å². The third-order valence-corrected chi connectivity index (χ3v) is 4.51. The van der Waals surface area contributed by atoms with Gasteiger partial charge < -0.3 is 10.1 Å². The van der Waals surface area contributed by atoms with Crippen LogP contribution in [0, 0.1) is 12.7 Å². The van der Waals surface area contributed by atoms with E-state index in [4.69, 9.17) is 4.74 Å². The van der Waals surface area contributed by atoms with Gasteiger partial charge in [-0.1, -0.05) is 30.3 Å². The summed E-state index contributed by atoms with van der Waals surface area (Å²) >= 11 is 0. The number of nitrogens with zero attached hydrogens (tertiary/aromatic N) is 2. The number of rotatable bonds is 6. The molecule has 3 aromatic rings. The number of nitrogens with one attached hydrogen (secondary N) is 1. The maximum atomic E-state index is 13.5. The Morgan fingerprint density at radius 3 is 2.62 bits per heavy atom. The topological polar surface area (TPSA) is 90.3 Å². The summed E-state index contributed by atoms with van der Waals surface area (Å²) in [6.45, 7) is 1.23. The second kappa shape index (κ2) is 8.64. The molecule has 0 aliphatic heterocycles. The Morgan fingerprint density at radius 1 is 1.21 bits per heavy atom. The average molecular weight is 397 g/mol. The molecule has 1 atom stereocenters. The summed E-state index contributed by atoms with van der Waals surface area (Å²) in [6.07, 6.45) is 0.244. The highest BCUT2D eigenvalue weighted by Gasteiger charge is 2.23. The van der Waals surface area contributed by atoms with E-state index in [1.165, 1.54) is 19.2 Å². The monoisotopic (exact) mass is 397 g/mol. The van der Waals surface area contributed by atoms with Crippen molar-refractivity contribution < 1.29 is 18.7 Å². The van der Waals surface area contributed by atoms with E-state index in [-0.39, 0.29) is 18.4 Å². The van der Waals surface area contributed by atoms with Gasteiger partial charge in [0.1, 0.15) is 24.2 Å². The third kappa shape index (κ3) is 4.66. The maximum absolute atomic E-state index is 13.5. The molecule has 0 saturated carbocycles. The minimum Gasteiger partial charge on any atom is -0.467 e. The van der Waals surface area contributed by atoms with Crippen LogP contribution in [0.4, 0.5) is 4.39 Å². The van der Waals surface area contributed by atoms with Gasteiger partial charge in [-0.25, -0.2) is 14.2 Å². The van der Waals surface area contributed by atoms with Crippen molar-refractivity contribution in [1.29, 1.82) is 0 Å². The second-order valence-corrected chi connectivity index (χ2v) is 6.54. The SMILES string of the molecule is COC(=O)C(Cc1ccccc1)NC(=O)Cn1c(C)nc2ccc(F)cc2c1=O. The summed E-state index contributed by atoms with van der Waals surface area (Å²) < 4.78 is 19.4. The van der Waals surface area contributed by atoms with Crippen molar-refractivity contribution >= 4 is 22.8 Å². The Morgan fingerprint density at radius 2 is 1.93 bits per heavy atom. The van der Waals surface area contributed by atoms with E-state index in [1.807, 2.05) is 30.3 Å². The van der Waals surface area contributed by atoms with Crippen LogP contribution in [-0.2, 0) is 27.3 Å². The normalized spacial score (nSPS) is 11.8. The number of aromatic nitrogens is 2. The van der Waals surface area contributed by atoms with E-state index in [9.17, 15) is 18.8 Å². The van der Waals surface area contributed by atoms with Gasteiger partial charge in [-0.3, -0.25) is 14.2 Å². The molecular weight excluding hydrogens is 377 g/mol. The summed E-state index contributed by atoms with van der Waals surface area (Å²) in [4.78, 5) is 41.6. The standard InChI is InChI=1S/C21H20FN3O4/c1-13-23-17-9-8-15(22)11-16(17)20(27)25(13)12-19(26)24-18(21(28)29-2)10-14-6-4-3-5-7-14/h3-9,11,18H,10,12H2,1-2H3,(H,24,26). The molecule has 29 heavy (non-hydrogen) atoms. The number of aryl methyl sites for hydroxylation is 1. The Labute approximate surface area is 166 Å². The van der Waals surface area contributed by atoms with Crippen molar-refractivity contribution in [2.45, 2.75) is 25.9 Å². The fourth-order valence-corrected chi connectivity index (χ4v) is 3.06. The van der Waals surface area contributed by atoms with Crippen LogP contribution in [0.3, 0.4) is 0 Å². The Balaban J connectivity index is 1.83. The first-order chi connectivity index (χ1) is 13.9. The number of ether oxygens (including phenoxy) is 1. The minimum absolute atomic E-state index is 0.0807. The zero-order valence-electron chi connectivity index (χ0n) is 16.0. The molecule has 0 spiro atoms. The Hall–Kier alpha value is -3.55. The van der Waals surface area contributed by atoms with Crippen LogP contribution in [-0.4, -0.2) is 34.6 Å². The summed E-state index contributed by atoms with van der Waals surface area (Å²) in [6, 6.07) is 12.0. The van der Waals surface area contributed by atoms with Gasteiger partial charge in [-0.15, -0.1) is 0 Å². The van der Waals surface area contributed by atoms with Gasteiger partial charge in [0.05, 0.1) is 18.0 Å². The van der Waals surface area contributed by atoms with Crippen LogP contribution in [0.1, 0.15) is 11.4 Å². The van der Waals surface area contributed by atoms with Crippen molar-refractivity contribution in [3.63, 3.8) is 0 Å². The maximum Gasteiger partial charge on any atom is 0.328 e. The number of methoxy groups -OCH3 is 1. The molecule has 0 saturated heterocycles. The van der Waals surface area contributed by atoms with E-state index in [2.05, 4.69) is 10.3 Å². The molecule has 1 aromatic heterocycles. The summed E-state index contributed by atoms with van der Waals surface area (Å²) in [5.41, 5.74) is 0.668. The Bertz CT molecular complexity index is 1110. The zero-order chi connectivity index (χ0) is 21.0. The molecule has 7 nitrogen and oxygen atoms in total. The van der Waals surface area contributed by atoms with E-state index in [0.29, 0.717) is 11.3 Å². The highest BCUT2D eigenvalue weighted by atomic mass is 19.1. The fraction of sp³-hybridized carbons (Fsp3) is 0.238. The molecular formula is C21H20FN3O4. The first-order valence-electron chi connectivity index (χ1n) is 8.97. The quantitative estimate of drug-likeness (QED) is 0.640. The number of amides is 1. The van der Waals surface area contributed by atoms with Gasteiger partial charge in [0.25, 0.3) is 5.56 Å². The van der Waals surface area contributed by atoms with Gasteiger partial charge in [-0.05, 0) is 30.7 Å². The lowest BCUT2D eigenvalue weighted by Gasteiger charge is -2.18. The Kier molecular flexibility index (Phi) is 6.01. The lowest BCUT2D eigenvalue weighted by Crippen LogP contribution is -2.45. The van der Waals surface area contributed by atoms with Crippen LogP contribution in [0.5, 0.6) is 0 Å². The molecule has 1 N–H and O–H groups in total. The van der Waals surface area contributed by atoms with Gasteiger partial charge in [-0.2, -0.15) is 0 Å². The number of esters is 1. The number of hydrogen-bond acceptors (Lipinski definition) is 5. The molecule has 0 bridgehead atoms. The van der Waals surface area contributed by atoms with Crippen LogP contribution in [0.2, 0.25) is 0 Å². The van der Waals surface area contributed by atoms with Gasteiger partial charge in [0.15, 0.2) is 0 Å². The van der Waals surface area contributed by atoms with Crippen molar-refractivity contribution in [1.82, 2.24) is 14.9 Å². The van der Waals surface area contributed by atoms with Crippen LogP contribution >= 0.6 is 0 Å². The highest BCUT2D eigenvalue weighted by molar-refractivity contribution is 5.85. The number of carbonyl (C=O) groups excluding carboxylic acids is 2. The molecule has 8 heteroatoms. The fourth-order valence-electron chi connectivity index (χ4n) is 3.06. The molecule has 0 fully saturated rings. The number of fused-ring (bicyclic) bond motifs is 1. The first-order valence-corrected chi connectivity index (χ1v) is 8.97. The lowest BCUT2D eigenvalue weighted by atomic mass is 10.1. The molecule has 0 radical (unpaired) electrons. The van der Waals surface area contributed by atoms with Crippen molar-refractivity contribution in [3.05, 3.63) is 76.1 Å². The lowest BCUT2D eigenvalue weighted by molar-refractivity contribution is -0.145. The smallest absolute Gasteiger partial charge is 0.328 e. The molecule has 1 heterocycles. The molecule has 1 unspecified atom stereocenters. The molecule has 2 aromatic carbocycles. The van der Waals surface area contributed by atoms with Gasteiger partial charge in [0.2, 0.25) is 5.91 Å². The number of halogens is 1. The summed E-state index contributed by atoms with van der Waals surface area (Å²) in [5.74, 6) is -1.41. The number of benzene rings is 2. The first kappa shape index (κ1) is 20.2. The summed E-state index contributed by atoms with van der Waals surface area (Å²) in [5, 5.41) is 2.68. The van der Waals surface area contributed by atoms with Crippen molar-refractivity contribution in [2.75, 3.05) is 7.11 Å². The average Bonchev–Trinajstić information content (AvgIpc) is 2.71. The van der Waals surface area contributed by atoms with E-state index in [1.54, 1.807) is 6.92 Å². The number of carbonyl (C=O) groups is 2. The summed E-state index contributed by atoms with van der Waals surface area (Å²) in [7, 11) is 1.24. The zero-order valence-corrected chi connectivity index (χ0v) is 16.0.